The Balaban J connectivity index is 2.70. The predicted molar refractivity (Wildman–Crippen MR) is 67.7 cm³/mol. The maximum atomic E-state index is 13.4. The molecular weight excluding hydrogens is 217 g/mol. The van der Waals surface area contributed by atoms with Crippen molar-refractivity contribution >= 4 is 5.78 Å². The van der Waals surface area contributed by atoms with Gasteiger partial charge in [0.25, 0.3) is 0 Å². The van der Waals surface area contributed by atoms with E-state index in [0.717, 1.165) is 0 Å². The summed E-state index contributed by atoms with van der Waals surface area (Å²) >= 11 is 0. The molecule has 0 fully saturated rings. The first-order valence-corrected chi connectivity index (χ1v) is 5.91. The fourth-order valence-corrected chi connectivity index (χ4v) is 1.65. The van der Waals surface area contributed by atoms with E-state index < -0.39 is 5.82 Å². The van der Waals surface area contributed by atoms with E-state index in [1.165, 1.54) is 12.1 Å². The molecule has 0 aliphatic rings. The molecule has 3 heteroatoms. The number of hydrogen-bond acceptors (Lipinski definition) is 2. The number of nitrogens with zero attached hydrogens (tertiary/aromatic N) is 1. The average Bonchev–Trinajstić information content (AvgIpc) is 2.28. The third-order valence-electron chi connectivity index (χ3n) is 3.23. The van der Waals surface area contributed by atoms with Crippen molar-refractivity contribution in [3.05, 3.63) is 35.6 Å². The van der Waals surface area contributed by atoms with Crippen LogP contribution in [-0.4, -0.2) is 30.3 Å². The van der Waals surface area contributed by atoms with E-state index in [1.54, 1.807) is 12.1 Å². The Morgan fingerprint density at radius 3 is 2.41 bits per heavy atom. The molecule has 0 N–H and O–H groups in total. The highest BCUT2D eigenvalue weighted by Gasteiger charge is 2.18. The minimum Gasteiger partial charge on any atom is -0.296 e. The number of halogens is 1. The van der Waals surface area contributed by atoms with Crippen molar-refractivity contribution < 1.29 is 9.18 Å². The lowest BCUT2D eigenvalue weighted by atomic mass is 10.0. The van der Waals surface area contributed by atoms with Crippen molar-refractivity contribution in [3.63, 3.8) is 0 Å². The molecule has 94 valence electrons. The van der Waals surface area contributed by atoms with E-state index in [1.807, 2.05) is 11.9 Å². The van der Waals surface area contributed by atoms with Gasteiger partial charge < -0.3 is 0 Å². The Kier molecular flexibility index (Phi) is 4.82. The van der Waals surface area contributed by atoms with Crippen molar-refractivity contribution in [3.8, 4) is 0 Å². The Morgan fingerprint density at radius 1 is 1.29 bits per heavy atom. The SMILES string of the molecule is CC(C)C(C)N(C)CC(=O)c1ccccc1F. The largest absolute Gasteiger partial charge is 0.296 e. The van der Waals surface area contributed by atoms with Gasteiger partial charge in [-0.25, -0.2) is 4.39 Å². The van der Waals surface area contributed by atoms with Crippen LogP contribution >= 0.6 is 0 Å². The highest BCUT2D eigenvalue weighted by molar-refractivity contribution is 5.97. The molecule has 0 aliphatic heterocycles. The van der Waals surface area contributed by atoms with Gasteiger partial charge in [0.2, 0.25) is 0 Å². The van der Waals surface area contributed by atoms with Gasteiger partial charge in [-0.15, -0.1) is 0 Å². The van der Waals surface area contributed by atoms with Crippen LogP contribution in [-0.2, 0) is 0 Å². The third kappa shape index (κ3) is 3.63. The maximum absolute atomic E-state index is 13.4. The quantitative estimate of drug-likeness (QED) is 0.734. The summed E-state index contributed by atoms with van der Waals surface area (Å²) in [5.74, 6) is -0.144. The highest BCUT2D eigenvalue weighted by Crippen LogP contribution is 2.11. The second kappa shape index (κ2) is 5.92. The van der Waals surface area contributed by atoms with Gasteiger partial charge >= 0.3 is 0 Å². The van der Waals surface area contributed by atoms with Gasteiger partial charge in [-0.2, -0.15) is 0 Å². The molecule has 0 spiro atoms. The molecule has 0 amide bonds. The van der Waals surface area contributed by atoms with Crippen LogP contribution in [0.15, 0.2) is 24.3 Å². The maximum Gasteiger partial charge on any atom is 0.179 e. The molecule has 0 bridgehead atoms. The van der Waals surface area contributed by atoms with Crippen LogP contribution in [0.5, 0.6) is 0 Å². The molecule has 1 rings (SSSR count). The van der Waals surface area contributed by atoms with E-state index in [0.29, 0.717) is 12.0 Å². The van der Waals surface area contributed by atoms with Crippen LogP contribution in [0.3, 0.4) is 0 Å². The summed E-state index contributed by atoms with van der Waals surface area (Å²) in [5, 5.41) is 0. The monoisotopic (exact) mass is 237 g/mol. The highest BCUT2D eigenvalue weighted by atomic mass is 19.1. The number of rotatable bonds is 5. The topological polar surface area (TPSA) is 20.3 Å². The van der Waals surface area contributed by atoms with Crippen molar-refractivity contribution in [2.45, 2.75) is 26.8 Å². The number of likely N-dealkylation sites (N-methyl/N-ethyl adjacent to an activating group) is 1. The van der Waals surface area contributed by atoms with Crippen molar-refractivity contribution in [1.29, 1.82) is 0 Å². The number of carbonyl (C=O) groups excluding carboxylic acids is 1. The number of benzene rings is 1. The zero-order chi connectivity index (χ0) is 13.0. The summed E-state index contributed by atoms with van der Waals surface area (Å²) in [6.07, 6.45) is 0. The summed E-state index contributed by atoms with van der Waals surface area (Å²) in [7, 11) is 1.89. The van der Waals surface area contributed by atoms with Crippen molar-refractivity contribution in [2.24, 2.45) is 5.92 Å². The van der Waals surface area contributed by atoms with Gasteiger partial charge in [0.1, 0.15) is 5.82 Å². The number of ketones is 1. The van der Waals surface area contributed by atoms with Crippen LogP contribution < -0.4 is 0 Å². The van der Waals surface area contributed by atoms with Crippen LogP contribution in [0.2, 0.25) is 0 Å². The summed E-state index contributed by atoms with van der Waals surface area (Å²) < 4.78 is 13.4. The number of Topliss-reactive ketones (excluding diaryl/α,β-unsaturated/α-hetero) is 1. The average molecular weight is 237 g/mol. The number of hydrogen-bond donors (Lipinski definition) is 0. The first-order chi connectivity index (χ1) is 7.93. The molecule has 0 saturated heterocycles. The fourth-order valence-electron chi connectivity index (χ4n) is 1.65. The second-order valence-corrected chi connectivity index (χ2v) is 4.80. The smallest absolute Gasteiger partial charge is 0.179 e. The molecule has 1 aromatic rings. The van der Waals surface area contributed by atoms with E-state index in [4.69, 9.17) is 0 Å². The first-order valence-electron chi connectivity index (χ1n) is 5.91. The molecule has 1 unspecified atom stereocenters. The van der Waals surface area contributed by atoms with Crippen molar-refractivity contribution in [2.75, 3.05) is 13.6 Å². The lowest BCUT2D eigenvalue weighted by Gasteiger charge is -2.27. The normalized spacial score (nSPS) is 13.1. The third-order valence-corrected chi connectivity index (χ3v) is 3.23. The molecule has 0 aliphatic carbocycles. The summed E-state index contributed by atoms with van der Waals surface area (Å²) in [6.45, 7) is 6.53. The van der Waals surface area contributed by atoms with Gasteiger partial charge in [-0.3, -0.25) is 9.69 Å². The van der Waals surface area contributed by atoms with Crippen LogP contribution in [0.4, 0.5) is 4.39 Å². The Labute approximate surface area is 102 Å². The lowest BCUT2D eigenvalue weighted by molar-refractivity contribution is 0.0903. The van der Waals surface area contributed by atoms with Gasteiger partial charge in [0.05, 0.1) is 12.1 Å². The Bertz CT molecular complexity index is 390. The van der Waals surface area contributed by atoms with E-state index in [2.05, 4.69) is 20.8 Å². The van der Waals surface area contributed by atoms with Gasteiger partial charge in [0, 0.05) is 6.04 Å². The minimum atomic E-state index is -0.442. The zero-order valence-corrected chi connectivity index (χ0v) is 10.9. The Morgan fingerprint density at radius 2 is 1.88 bits per heavy atom. The summed E-state index contributed by atoms with van der Waals surface area (Å²) in [4.78, 5) is 13.9. The molecule has 0 heterocycles. The molecular formula is C14H20FNO. The van der Waals surface area contributed by atoms with E-state index in [9.17, 15) is 9.18 Å². The molecule has 17 heavy (non-hydrogen) atoms. The first kappa shape index (κ1) is 13.8. The molecule has 2 nitrogen and oxygen atoms in total. The van der Waals surface area contributed by atoms with Gasteiger partial charge in [0.15, 0.2) is 5.78 Å². The molecule has 0 aromatic heterocycles. The predicted octanol–water partition coefficient (Wildman–Crippen LogP) is 2.98. The van der Waals surface area contributed by atoms with Crippen LogP contribution in [0.1, 0.15) is 31.1 Å². The molecule has 0 saturated carbocycles. The summed E-state index contributed by atoms with van der Waals surface area (Å²) in [6, 6.07) is 6.42. The molecule has 1 aromatic carbocycles. The van der Waals surface area contributed by atoms with Gasteiger partial charge in [-0.05, 0) is 32.0 Å². The van der Waals surface area contributed by atoms with E-state index >= 15 is 0 Å². The summed E-state index contributed by atoms with van der Waals surface area (Å²) in [5.41, 5.74) is 0.176. The van der Waals surface area contributed by atoms with Gasteiger partial charge in [-0.1, -0.05) is 26.0 Å². The van der Waals surface area contributed by atoms with E-state index in [-0.39, 0.29) is 17.9 Å². The zero-order valence-electron chi connectivity index (χ0n) is 10.9. The van der Waals surface area contributed by atoms with Crippen LogP contribution in [0, 0.1) is 11.7 Å². The molecule has 1 atom stereocenters. The van der Waals surface area contributed by atoms with Crippen LogP contribution in [0.25, 0.3) is 0 Å². The second-order valence-electron chi connectivity index (χ2n) is 4.80. The Hall–Kier alpha value is -1.22. The minimum absolute atomic E-state index is 0.168. The standard InChI is InChI=1S/C14H20FNO/c1-10(2)11(3)16(4)9-14(17)12-7-5-6-8-13(12)15/h5-8,10-11H,9H2,1-4H3. The van der Waals surface area contributed by atoms with Crippen molar-refractivity contribution in [1.82, 2.24) is 4.90 Å². The molecule has 0 radical (unpaired) electrons. The number of carbonyl (C=O) groups is 1. The fraction of sp³-hybridized carbons (Fsp3) is 0.500. The lowest BCUT2D eigenvalue weighted by Crippen LogP contribution is -2.37.